The number of aromatic nitrogens is 1. The summed E-state index contributed by atoms with van der Waals surface area (Å²) in [5.41, 5.74) is 3.60. The lowest BCUT2D eigenvalue weighted by atomic mass is 10.1. The van der Waals surface area contributed by atoms with E-state index in [0.717, 1.165) is 11.3 Å². The van der Waals surface area contributed by atoms with Gasteiger partial charge in [-0.2, -0.15) is 0 Å². The summed E-state index contributed by atoms with van der Waals surface area (Å²) < 4.78 is 5.26. The van der Waals surface area contributed by atoms with Crippen LogP contribution in [-0.2, 0) is 0 Å². The first-order valence-corrected chi connectivity index (χ1v) is 5.34. The molecular formula is C14H13NO. The molecular weight excluding hydrogens is 198 g/mol. The lowest BCUT2D eigenvalue weighted by Crippen LogP contribution is -1.80. The van der Waals surface area contributed by atoms with Gasteiger partial charge in [-0.25, -0.2) is 0 Å². The molecule has 0 amide bonds. The van der Waals surface area contributed by atoms with Gasteiger partial charge in [0.25, 0.3) is 0 Å². The van der Waals surface area contributed by atoms with E-state index in [4.69, 9.17) is 4.74 Å². The smallest absolute Gasteiger partial charge is 0.119 e. The van der Waals surface area contributed by atoms with Crippen LogP contribution in [0.1, 0.15) is 5.56 Å². The number of rotatable bonds is 1. The predicted octanol–water partition coefficient (Wildman–Crippen LogP) is 3.64. The van der Waals surface area contributed by atoms with Crippen molar-refractivity contribution in [3.05, 3.63) is 42.0 Å². The van der Waals surface area contributed by atoms with Crippen LogP contribution < -0.4 is 4.74 Å². The van der Waals surface area contributed by atoms with E-state index in [1.165, 1.54) is 21.9 Å². The minimum atomic E-state index is 0.898. The van der Waals surface area contributed by atoms with Gasteiger partial charge in [-0.05, 0) is 37.3 Å². The molecule has 0 saturated carbocycles. The highest BCUT2D eigenvalue weighted by molar-refractivity contribution is 6.07. The first-order valence-electron chi connectivity index (χ1n) is 5.34. The van der Waals surface area contributed by atoms with Gasteiger partial charge in [-0.15, -0.1) is 0 Å². The van der Waals surface area contributed by atoms with Crippen molar-refractivity contribution in [3.63, 3.8) is 0 Å². The third-order valence-electron chi connectivity index (χ3n) is 2.96. The molecule has 3 aromatic rings. The largest absolute Gasteiger partial charge is 0.497 e. The van der Waals surface area contributed by atoms with Crippen LogP contribution in [0.5, 0.6) is 5.75 Å². The van der Waals surface area contributed by atoms with Crippen LogP contribution in [-0.4, -0.2) is 12.1 Å². The van der Waals surface area contributed by atoms with E-state index >= 15 is 0 Å². The summed E-state index contributed by atoms with van der Waals surface area (Å²) in [5.74, 6) is 0.898. The maximum atomic E-state index is 5.26. The summed E-state index contributed by atoms with van der Waals surface area (Å²) in [7, 11) is 1.70. The van der Waals surface area contributed by atoms with E-state index < -0.39 is 0 Å². The quantitative estimate of drug-likeness (QED) is 0.653. The molecule has 0 aliphatic rings. The second-order valence-corrected chi connectivity index (χ2v) is 4.09. The van der Waals surface area contributed by atoms with Gasteiger partial charge < -0.3 is 9.72 Å². The molecule has 3 rings (SSSR count). The van der Waals surface area contributed by atoms with Gasteiger partial charge in [0.1, 0.15) is 5.75 Å². The Morgan fingerprint density at radius 3 is 2.38 bits per heavy atom. The van der Waals surface area contributed by atoms with Crippen LogP contribution in [0.25, 0.3) is 21.8 Å². The number of H-pyrrole nitrogens is 1. The summed E-state index contributed by atoms with van der Waals surface area (Å²) in [6.07, 6.45) is 0. The molecule has 16 heavy (non-hydrogen) atoms. The maximum Gasteiger partial charge on any atom is 0.119 e. The topological polar surface area (TPSA) is 25.0 Å². The standard InChI is InChI=1S/C14H13NO/c1-9-3-5-13-11(7-9)12-8-10(16-2)4-6-14(12)15-13/h3-8,15H,1-2H3. The Kier molecular flexibility index (Phi) is 1.90. The number of ether oxygens (including phenoxy) is 1. The Balaban J connectivity index is 2.44. The van der Waals surface area contributed by atoms with Crippen molar-refractivity contribution in [2.45, 2.75) is 6.92 Å². The number of fused-ring (bicyclic) bond motifs is 3. The van der Waals surface area contributed by atoms with E-state index in [1.807, 2.05) is 6.07 Å². The number of aromatic amines is 1. The van der Waals surface area contributed by atoms with Crippen molar-refractivity contribution < 1.29 is 4.74 Å². The molecule has 1 N–H and O–H groups in total. The Labute approximate surface area is 93.8 Å². The van der Waals surface area contributed by atoms with Gasteiger partial charge in [0.15, 0.2) is 0 Å². The molecule has 2 aromatic carbocycles. The van der Waals surface area contributed by atoms with Crippen LogP contribution >= 0.6 is 0 Å². The summed E-state index contributed by atoms with van der Waals surface area (Å²) >= 11 is 0. The van der Waals surface area contributed by atoms with E-state index in [9.17, 15) is 0 Å². The number of nitrogens with one attached hydrogen (secondary N) is 1. The lowest BCUT2D eigenvalue weighted by Gasteiger charge is -1.99. The Morgan fingerprint density at radius 2 is 1.62 bits per heavy atom. The zero-order valence-corrected chi connectivity index (χ0v) is 9.37. The molecule has 2 heteroatoms. The van der Waals surface area contributed by atoms with Crippen LogP contribution in [0.2, 0.25) is 0 Å². The number of methoxy groups -OCH3 is 1. The molecule has 0 aliphatic heterocycles. The summed E-state index contributed by atoms with van der Waals surface area (Å²) in [4.78, 5) is 3.40. The summed E-state index contributed by atoms with van der Waals surface area (Å²) in [6, 6.07) is 12.6. The van der Waals surface area contributed by atoms with Gasteiger partial charge in [0, 0.05) is 21.8 Å². The summed E-state index contributed by atoms with van der Waals surface area (Å²) in [5, 5.41) is 2.48. The first-order chi connectivity index (χ1) is 7.78. The third-order valence-corrected chi connectivity index (χ3v) is 2.96. The summed E-state index contributed by atoms with van der Waals surface area (Å²) in [6.45, 7) is 2.11. The molecule has 1 aromatic heterocycles. The molecule has 2 nitrogen and oxygen atoms in total. The maximum absolute atomic E-state index is 5.26. The number of benzene rings is 2. The minimum absolute atomic E-state index is 0.898. The van der Waals surface area contributed by atoms with Crippen LogP contribution in [0, 0.1) is 6.92 Å². The molecule has 0 atom stereocenters. The Bertz CT molecular complexity index is 667. The first kappa shape index (κ1) is 9.28. The molecule has 0 unspecified atom stereocenters. The van der Waals surface area contributed by atoms with E-state index in [2.05, 4.69) is 42.2 Å². The van der Waals surface area contributed by atoms with Gasteiger partial charge >= 0.3 is 0 Å². The third kappa shape index (κ3) is 1.27. The van der Waals surface area contributed by atoms with Gasteiger partial charge in [-0.1, -0.05) is 11.6 Å². The lowest BCUT2D eigenvalue weighted by molar-refractivity contribution is 0.415. The minimum Gasteiger partial charge on any atom is -0.497 e. The zero-order chi connectivity index (χ0) is 11.1. The number of hydrogen-bond acceptors (Lipinski definition) is 1. The Morgan fingerprint density at radius 1 is 0.938 bits per heavy atom. The number of hydrogen-bond donors (Lipinski definition) is 1. The molecule has 0 saturated heterocycles. The molecule has 0 aliphatic carbocycles. The highest BCUT2D eigenvalue weighted by Crippen LogP contribution is 2.29. The van der Waals surface area contributed by atoms with Crippen LogP contribution in [0.3, 0.4) is 0 Å². The Hall–Kier alpha value is -1.96. The molecule has 0 bridgehead atoms. The predicted molar refractivity (Wildman–Crippen MR) is 67.1 cm³/mol. The average molecular weight is 211 g/mol. The fourth-order valence-corrected chi connectivity index (χ4v) is 2.12. The second kappa shape index (κ2) is 3.27. The van der Waals surface area contributed by atoms with Crippen molar-refractivity contribution in [2.75, 3.05) is 7.11 Å². The van der Waals surface area contributed by atoms with Gasteiger partial charge in [-0.3, -0.25) is 0 Å². The zero-order valence-electron chi connectivity index (χ0n) is 9.37. The van der Waals surface area contributed by atoms with Crippen LogP contribution in [0.15, 0.2) is 36.4 Å². The van der Waals surface area contributed by atoms with E-state index in [-0.39, 0.29) is 0 Å². The molecule has 0 radical (unpaired) electrons. The van der Waals surface area contributed by atoms with Gasteiger partial charge in [0.05, 0.1) is 7.11 Å². The van der Waals surface area contributed by atoms with Crippen LogP contribution in [0.4, 0.5) is 0 Å². The second-order valence-electron chi connectivity index (χ2n) is 4.09. The highest BCUT2D eigenvalue weighted by atomic mass is 16.5. The fraction of sp³-hybridized carbons (Fsp3) is 0.143. The fourth-order valence-electron chi connectivity index (χ4n) is 2.12. The van der Waals surface area contributed by atoms with Crippen molar-refractivity contribution in [1.82, 2.24) is 4.98 Å². The van der Waals surface area contributed by atoms with Crippen molar-refractivity contribution in [3.8, 4) is 5.75 Å². The van der Waals surface area contributed by atoms with E-state index in [0.29, 0.717) is 0 Å². The van der Waals surface area contributed by atoms with Crippen molar-refractivity contribution in [1.29, 1.82) is 0 Å². The molecule has 80 valence electrons. The van der Waals surface area contributed by atoms with E-state index in [1.54, 1.807) is 7.11 Å². The van der Waals surface area contributed by atoms with Gasteiger partial charge in [0.2, 0.25) is 0 Å². The normalized spacial score (nSPS) is 11.1. The molecule has 0 spiro atoms. The highest BCUT2D eigenvalue weighted by Gasteiger charge is 2.05. The monoisotopic (exact) mass is 211 g/mol. The van der Waals surface area contributed by atoms with Crippen molar-refractivity contribution in [2.24, 2.45) is 0 Å². The van der Waals surface area contributed by atoms with Crippen molar-refractivity contribution >= 4 is 21.8 Å². The SMILES string of the molecule is COc1ccc2[nH]c3ccc(C)cc3c2c1. The molecule has 1 heterocycles. The molecule has 0 fully saturated rings. The number of aryl methyl sites for hydroxylation is 1. The average Bonchev–Trinajstić information content (AvgIpc) is 2.66.